The van der Waals surface area contributed by atoms with Crippen LogP contribution in [0.2, 0.25) is 0 Å². The molecule has 31 heavy (non-hydrogen) atoms. The molecule has 1 aliphatic rings. The largest absolute Gasteiger partial charge is 0.379 e. The summed E-state index contributed by atoms with van der Waals surface area (Å²) in [6.07, 6.45) is 0. The van der Waals surface area contributed by atoms with Crippen molar-refractivity contribution in [3.63, 3.8) is 0 Å². The van der Waals surface area contributed by atoms with Crippen LogP contribution in [0.4, 0.5) is 10.1 Å². The normalized spacial score (nSPS) is 15.7. The van der Waals surface area contributed by atoms with Gasteiger partial charge in [-0.2, -0.15) is 8.61 Å². The first kappa shape index (κ1) is 23.3. The maximum absolute atomic E-state index is 14.3. The van der Waals surface area contributed by atoms with Crippen LogP contribution in [-0.4, -0.2) is 71.2 Å². The minimum Gasteiger partial charge on any atom is -0.379 e. The number of nitrogens with zero attached hydrogens (tertiary/aromatic N) is 2. The lowest BCUT2D eigenvalue weighted by molar-refractivity contribution is -0.116. The number of benzene rings is 2. The van der Waals surface area contributed by atoms with Crippen LogP contribution >= 0.6 is 0 Å². The van der Waals surface area contributed by atoms with Gasteiger partial charge in [-0.3, -0.25) is 4.79 Å². The van der Waals surface area contributed by atoms with Crippen molar-refractivity contribution in [2.75, 3.05) is 45.2 Å². The Labute approximate surface area is 180 Å². The molecule has 0 aliphatic carbocycles. The van der Waals surface area contributed by atoms with E-state index in [-0.39, 0.29) is 36.9 Å². The number of ether oxygens (including phenoxy) is 1. The first-order valence-electron chi connectivity index (χ1n) is 9.31. The minimum absolute atomic E-state index is 0.0312. The van der Waals surface area contributed by atoms with Gasteiger partial charge in [-0.25, -0.2) is 21.2 Å². The molecule has 1 saturated heterocycles. The molecule has 0 spiro atoms. The van der Waals surface area contributed by atoms with Crippen molar-refractivity contribution in [3.8, 4) is 0 Å². The Kier molecular flexibility index (Phi) is 7.06. The number of halogens is 1. The van der Waals surface area contributed by atoms with Gasteiger partial charge in [0.2, 0.25) is 26.0 Å². The van der Waals surface area contributed by atoms with E-state index in [4.69, 9.17) is 4.74 Å². The van der Waals surface area contributed by atoms with Crippen LogP contribution in [0.3, 0.4) is 0 Å². The van der Waals surface area contributed by atoms with E-state index in [9.17, 15) is 26.0 Å². The number of amides is 1. The third kappa shape index (κ3) is 5.28. The molecule has 0 atom stereocenters. The summed E-state index contributed by atoms with van der Waals surface area (Å²) in [5.41, 5.74) is 0.0312. The number of likely N-dealkylation sites (N-methyl/N-ethyl adjacent to an activating group) is 1. The second-order valence-electron chi connectivity index (χ2n) is 6.78. The Balaban J connectivity index is 1.74. The average molecular weight is 472 g/mol. The molecule has 2 aromatic rings. The first-order chi connectivity index (χ1) is 14.6. The Hall–Kier alpha value is -2.38. The minimum atomic E-state index is -4.11. The molecule has 12 heteroatoms. The average Bonchev–Trinajstić information content (AvgIpc) is 2.76. The second-order valence-corrected chi connectivity index (χ2v) is 10.7. The summed E-state index contributed by atoms with van der Waals surface area (Å²) in [6, 6.07) is 10.8. The van der Waals surface area contributed by atoms with Gasteiger partial charge in [0.05, 0.1) is 24.7 Å². The van der Waals surface area contributed by atoms with Crippen LogP contribution in [0, 0.1) is 5.82 Å². The zero-order chi connectivity index (χ0) is 22.6. The predicted molar refractivity (Wildman–Crippen MR) is 111 cm³/mol. The molecule has 9 nitrogen and oxygen atoms in total. The van der Waals surface area contributed by atoms with Gasteiger partial charge in [0, 0.05) is 25.8 Å². The Morgan fingerprint density at radius 3 is 2.39 bits per heavy atom. The summed E-state index contributed by atoms with van der Waals surface area (Å²) < 4.78 is 71.9. The van der Waals surface area contributed by atoms with Crippen molar-refractivity contribution in [1.29, 1.82) is 0 Å². The smallest absolute Gasteiger partial charge is 0.246 e. The maximum atomic E-state index is 14.3. The topological polar surface area (TPSA) is 113 Å². The van der Waals surface area contributed by atoms with Gasteiger partial charge in [-0.1, -0.05) is 18.2 Å². The molecule has 2 aromatic carbocycles. The number of morpholine rings is 1. The van der Waals surface area contributed by atoms with Crippen molar-refractivity contribution >= 4 is 31.6 Å². The summed E-state index contributed by atoms with van der Waals surface area (Å²) in [6.45, 7) is 0.0974. The van der Waals surface area contributed by atoms with Crippen LogP contribution in [0.15, 0.2) is 58.3 Å². The molecule has 0 aromatic heterocycles. The predicted octanol–water partition coefficient (Wildman–Crippen LogP) is 1.11. The van der Waals surface area contributed by atoms with Gasteiger partial charge >= 0.3 is 0 Å². The molecular weight excluding hydrogens is 449 g/mol. The van der Waals surface area contributed by atoms with Crippen LogP contribution in [0.1, 0.15) is 0 Å². The highest BCUT2D eigenvalue weighted by Gasteiger charge is 2.29. The zero-order valence-electron chi connectivity index (χ0n) is 16.7. The fourth-order valence-corrected chi connectivity index (χ4v) is 5.61. The highest BCUT2D eigenvalue weighted by atomic mass is 32.2. The SMILES string of the molecule is CN(CC(=O)Nc1ccc(F)c(S(=O)(=O)N2CCOCC2)c1)S(=O)(=O)c1ccccc1. The van der Waals surface area contributed by atoms with E-state index in [1.807, 2.05) is 0 Å². The number of nitrogens with one attached hydrogen (secondary N) is 1. The molecule has 3 rings (SSSR count). The molecule has 1 heterocycles. The highest BCUT2D eigenvalue weighted by Crippen LogP contribution is 2.24. The van der Waals surface area contributed by atoms with E-state index in [0.29, 0.717) is 0 Å². The van der Waals surface area contributed by atoms with Gasteiger partial charge < -0.3 is 10.1 Å². The Bertz CT molecular complexity index is 1150. The van der Waals surface area contributed by atoms with Crippen molar-refractivity contribution in [2.24, 2.45) is 0 Å². The molecular formula is C19H22FN3O6S2. The number of hydrogen-bond acceptors (Lipinski definition) is 6. The van der Waals surface area contributed by atoms with Gasteiger partial charge in [0.1, 0.15) is 10.7 Å². The molecule has 1 amide bonds. The molecule has 1 aliphatic heterocycles. The Morgan fingerprint density at radius 1 is 1.10 bits per heavy atom. The van der Waals surface area contributed by atoms with Gasteiger partial charge in [0.25, 0.3) is 0 Å². The lowest BCUT2D eigenvalue weighted by Gasteiger charge is -2.26. The van der Waals surface area contributed by atoms with E-state index < -0.39 is 43.2 Å². The van der Waals surface area contributed by atoms with Crippen molar-refractivity contribution in [1.82, 2.24) is 8.61 Å². The van der Waals surface area contributed by atoms with Crippen LogP contribution in [0.25, 0.3) is 0 Å². The van der Waals surface area contributed by atoms with Gasteiger partial charge in [-0.05, 0) is 30.3 Å². The lowest BCUT2D eigenvalue weighted by atomic mass is 10.3. The molecule has 168 valence electrons. The fourth-order valence-electron chi connectivity index (χ4n) is 2.96. The maximum Gasteiger partial charge on any atom is 0.246 e. The lowest BCUT2D eigenvalue weighted by Crippen LogP contribution is -2.41. The summed E-state index contributed by atoms with van der Waals surface area (Å²) in [5, 5.41) is 2.42. The number of rotatable bonds is 7. The number of carbonyl (C=O) groups is 1. The first-order valence-corrected chi connectivity index (χ1v) is 12.2. The molecule has 0 bridgehead atoms. The summed E-state index contributed by atoms with van der Waals surface area (Å²) >= 11 is 0. The quantitative estimate of drug-likeness (QED) is 0.647. The summed E-state index contributed by atoms with van der Waals surface area (Å²) in [4.78, 5) is 11.8. The molecule has 1 fully saturated rings. The second kappa shape index (κ2) is 9.40. The molecule has 1 N–H and O–H groups in total. The highest BCUT2D eigenvalue weighted by molar-refractivity contribution is 7.89. The number of sulfonamides is 2. The molecule has 0 unspecified atom stereocenters. The number of carbonyl (C=O) groups excluding carboxylic acids is 1. The van der Waals surface area contributed by atoms with E-state index in [1.165, 1.54) is 25.2 Å². The van der Waals surface area contributed by atoms with E-state index in [2.05, 4.69) is 5.32 Å². The van der Waals surface area contributed by atoms with E-state index in [1.54, 1.807) is 18.2 Å². The summed E-state index contributed by atoms with van der Waals surface area (Å²) in [5.74, 6) is -1.66. The van der Waals surface area contributed by atoms with Crippen LogP contribution in [-0.2, 0) is 29.6 Å². The van der Waals surface area contributed by atoms with Crippen LogP contribution < -0.4 is 5.32 Å². The Morgan fingerprint density at radius 2 is 1.74 bits per heavy atom. The molecule has 0 saturated carbocycles. The van der Waals surface area contributed by atoms with Gasteiger partial charge in [-0.15, -0.1) is 0 Å². The number of hydrogen-bond donors (Lipinski definition) is 1. The fraction of sp³-hybridized carbons (Fsp3) is 0.316. The zero-order valence-corrected chi connectivity index (χ0v) is 18.3. The van der Waals surface area contributed by atoms with E-state index >= 15 is 0 Å². The van der Waals surface area contributed by atoms with Crippen LogP contribution in [0.5, 0.6) is 0 Å². The van der Waals surface area contributed by atoms with Gasteiger partial charge in [0.15, 0.2) is 0 Å². The van der Waals surface area contributed by atoms with Crippen molar-refractivity contribution in [3.05, 3.63) is 54.3 Å². The van der Waals surface area contributed by atoms with E-state index in [0.717, 1.165) is 20.7 Å². The van der Waals surface area contributed by atoms with Crippen molar-refractivity contribution in [2.45, 2.75) is 9.79 Å². The monoisotopic (exact) mass is 471 g/mol. The van der Waals surface area contributed by atoms with Crippen molar-refractivity contribution < 1.29 is 30.8 Å². The standard InChI is InChI=1S/C19H22FN3O6S2/c1-22(30(25,26)16-5-3-2-4-6-16)14-19(24)21-15-7-8-17(20)18(13-15)31(27,28)23-9-11-29-12-10-23/h2-8,13H,9-12,14H2,1H3,(H,21,24). The summed E-state index contributed by atoms with van der Waals surface area (Å²) in [7, 11) is -6.74. The molecule has 0 radical (unpaired) electrons. The third-order valence-electron chi connectivity index (χ3n) is 4.62. The number of anilines is 1. The third-order valence-corrected chi connectivity index (χ3v) is 8.35.